The van der Waals surface area contributed by atoms with Crippen molar-refractivity contribution in [3.63, 3.8) is 0 Å². The van der Waals surface area contributed by atoms with Crippen molar-refractivity contribution in [2.75, 3.05) is 17.2 Å². The molecule has 1 aromatic carbocycles. The van der Waals surface area contributed by atoms with Crippen LogP contribution in [0.5, 0.6) is 0 Å². The summed E-state index contributed by atoms with van der Waals surface area (Å²) in [5, 5.41) is 0. The van der Waals surface area contributed by atoms with E-state index >= 15 is 0 Å². The number of hydrogen-bond acceptors (Lipinski definition) is 2. The topological polar surface area (TPSA) is 29.3 Å². The van der Waals surface area contributed by atoms with E-state index in [4.69, 9.17) is 5.73 Å². The van der Waals surface area contributed by atoms with Crippen LogP contribution in [0.25, 0.3) is 0 Å². The first-order chi connectivity index (χ1) is 7.97. The molecule has 94 valence electrons. The van der Waals surface area contributed by atoms with E-state index < -0.39 is 0 Å². The molecule has 0 bridgehead atoms. The number of nitrogens with zero attached hydrogens (tertiary/aromatic N) is 1. The van der Waals surface area contributed by atoms with Gasteiger partial charge in [0.05, 0.1) is 0 Å². The lowest BCUT2D eigenvalue weighted by Crippen LogP contribution is -2.45. The highest BCUT2D eigenvalue weighted by atomic mass is 15.2. The van der Waals surface area contributed by atoms with Crippen LogP contribution in [-0.4, -0.2) is 12.6 Å². The first kappa shape index (κ1) is 12.3. The molecule has 2 nitrogen and oxygen atoms in total. The molecule has 0 radical (unpaired) electrons. The van der Waals surface area contributed by atoms with Gasteiger partial charge in [0.25, 0.3) is 0 Å². The summed E-state index contributed by atoms with van der Waals surface area (Å²) in [6, 6.07) is 6.99. The Balaban J connectivity index is 2.30. The molecular formula is C15H24N2. The Bertz CT molecular complexity index is 380. The van der Waals surface area contributed by atoms with E-state index in [1.807, 2.05) is 6.07 Å². The van der Waals surface area contributed by atoms with Gasteiger partial charge in [-0.05, 0) is 55.9 Å². The van der Waals surface area contributed by atoms with Crippen LogP contribution < -0.4 is 10.6 Å². The molecule has 0 saturated carbocycles. The third-order valence-electron chi connectivity index (χ3n) is 4.01. The zero-order valence-electron chi connectivity index (χ0n) is 11.4. The first-order valence-corrected chi connectivity index (χ1v) is 6.61. The summed E-state index contributed by atoms with van der Waals surface area (Å²) in [6.07, 6.45) is 1.33. The Morgan fingerprint density at radius 2 is 1.88 bits per heavy atom. The molecule has 0 aliphatic carbocycles. The molecular weight excluding hydrogens is 208 g/mol. The smallest absolute Gasteiger partial charge is 0.0392 e. The molecule has 1 aromatic rings. The quantitative estimate of drug-likeness (QED) is 0.751. The second kappa shape index (κ2) is 4.59. The van der Waals surface area contributed by atoms with Gasteiger partial charge in [0.2, 0.25) is 0 Å². The summed E-state index contributed by atoms with van der Waals surface area (Å²) in [5.74, 6) is 1.52. The van der Waals surface area contributed by atoms with Crippen molar-refractivity contribution in [3.8, 4) is 0 Å². The van der Waals surface area contributed by atoms with Gasteiger partial charge in [-0.25, -0.2) is 0 Å². The fourth-order valence-corrected chi connectivity index (χ4v) is 3.01. The molecule has 3 atom stereocenters. The van der Waals surface area contributed by atoms with Crippen LogP contribution in [0.2, 0.25) is 0 Å². The van der Waals surface area contributed by atoms with E-state index in [2.05, 4.69) is 44.7 Å². The largest absolute Gasteiger partial charge is 0.399 e. The van der Waals surface area contributed by atoms with Gasteiger partial charge in [0, 0.05) is 24.0 Å². The summed E-state index contributed by atoms with van der Waals surface area (Å²) in [5.41, 5.74) is 9.36. The number of nitrogen functional groups attached to an aromatic ring is 1. The fraction of sp³-hybridized carbons (Fsp3) is 0.600. The average Bonchev–Trinajstić information content (AvgIpc) is 2.22. The second-order valence-corrected chi connectivity index (χ2v) is 5.81. The molecule has 1 saturated heterocycles. The van der Waals surface area contributed by atoms with E-state index in [-0.39, 0.29) is 0 Å². The maximum Gasteiger partial charge on any atom is 0.0392 e. The van der Waals surface area contributed by atoms with Gasteiger partial charge in [-0.15, -0.1) is 0 Å². The average molecular weight is 232 g/mol. The van der Waals surface area contributed by atoms with Crippen LogP contribution >= 0.6 is 0 Å². The number of benzene rings is 1. The SMILES string of the molecule is Cc1cc(N)cc(N2CC(C)CC(C)C2C)c1. The number of aryl methyl sites for hydroxylation is 1. The molecule has 0 aromatic heterocycles. The van der Waals surface area contributed by atoms with Crippen molar-refractivity contribution in [2.24, 2.45) is 11.8 Å². The Kier molecular flexibility index (Phi) is 3.32. The lowest BCUT2D eigenvalue weighted by molar-refractivity contribution is 0.297. The zero-order valence-corrected chi connectivity index (χ0v) is 11.4. The van der Waals surface area contributed by atoms with Crippen molar-refractivity contribution in [1.29, 1.82) is 0 Å². The summed E-state index contributed by atoms with van der Waals surface area (Å²) in [7, 11) is 0. The van der Waals surface area contributed by atoms with Crippen molar-refractivity contribution in [2.45, 2.75) is 40.2 Å². The van der Waals surface area contributed by atoms with E-state index in [0.717, 1.165) is 24.1 Å². The van der Waals surface area contributed by atoms with Crippen LogP contribution in [0.4, 0.5) is 11.4 Å². The molecule has 0 amide bonds. The number of piperidine rings is 1. The summed E-state index contributed by atoms with van der Waals surface area (Å²) >= 11 is 0. The second-order valence-electron chi connectivity index (χ2n) is 5.81. The Morgan fingerprint density at radius 1 is 1.18 bits per heavy atom. The van der Waals surface area contributed by atoms with Crippen LogP contribution in [0, 0.1) is 18.8 Å². The fourth-order valence-electron chi connectivity index (χ4n) is 3.01. The minimum Gasteiger partial charge on any atom is -0.399 e. The highest BCUT2D eigenvalue weighted by Gasteiger charge is 2.28. The van der Waals surface area contributed by atoms with Crippen LogP contribution in [0.1, 0.15) is 32.8 Å². The van der Waals surface area contributed by atoms with Crippen LogP contribution in [0.15, 0.2) is 18.2 Å². The predicted octanol–water partition coefficient (Wildman–Crippen LogP) is 3.45. The van der Waals surface area contributed by atoms with Gasteiger partial charge < -0.3 is 10.6 Å². The van der Waals surface area contributed by atoms with Gasteiger partial charge in [-0.2, -0.15) is 0 Å². The molecule has 3 unspecified atom stereocenters. The van der Waals surface area contributed by atoms with Crippen molar-refractivity contribution < 1.29 is 0 Å². The maximum absolute atomic E-state index is 5.95. The molecule has 2 heteroatoms. The molecule has 0 spiro atoms. The van der Waals surface area contributed by atoms with E-state index in [1.165, 1.54) is 17.7 Å². The van der Waals surface area contributed by atoms with Gasteiger partial charge in [-0.3, -0.25) is 0 Å². The van der Waals surface area contributed by atoms with Crippen molar-refractivity contribution >= 4 is 11.4 Å². The molecule has 1 heterocycles. The minimum absolute atomic E-state index is 0.604. The normalized spacial score (nSPS) is 29.4. The van der Waals surface area contributed by atoms with E-state index in [0.29, 0.717) is 6.04 Å². The van der Waals surface area contributed by atoms with Gasteiger partial charge in [0.15, 0.2) is 0 Å². The third-order valence-corrected chi connectivity index (χ3v) is 4.01. The monoisotopic (exact) mass is 232 g/mol. The number of anilines is 2. The Morgan fingerprint density at radius 3 is 2.53 bits per heavy atom. The number of rotatable bonds is 1. The lowest BCUT2D eigenvalue weighted by Gasteiger charge is -2.42. The third kappa shape index (κ3) is 2.56. The van der Waals surface area contributed by atoms with Gasteiger partial charge >= 0.3 is 0 Å². The molecule has 1 aliphatic heterocycles. The van der Waals surface area contributed by atoms with Crippen molar-refractivity contribution in [1.82, 2.24) is 0 Å². The molecule has 1 fully saturated rings. The maximum atomic E-state index is 5.95. The Labute approximate surface area is 105 Å². The molecule has 2 N–H and O–H groups in total. The molecule has 1 aliphatic rings. The summed E-state index contributed by atoms with van der Waals surface area (Å²) in [6.45, 7) is 10.3. The summed E-state index contributed by atoms with van der Waals surface area (Å²) in [4.78, 5) is 2.52. The minimum atomic E-state index is 0.604. The lowest BCUT2D eigenvalue weighted by atomic mass is 9.85. The van der Waals surface area contributed by atoms with Crippen LogP contribution in [-0.2, 0) is 0 Å². The van der Waals surface area contributed by atoms with Gasteiger partial charge in [0.1, 0.15) is 0 Å². The molecule has 2 rings (SSSR count). The first-order valence-electron chi connectivity index (χ1n) is 6.61. The molecule has 17 heavy (non-hydrogen) atoms. The highest BCUT2D eigenvalue weighted by molar-refractivity contribution is 5.59. The number of nitrogens with two attached hydrogens (primary N) is 1. The standard InChI is InChI=1S/C15H24N2/c1-10-6-14(16)8-15(7-10)17-9-11(2)5-12(3)13(17)4/h6-8,11-13H,5,9,16H2,1-4H3. The highest BCUT2D eigenvalue weighted by Crippen LogP contribution is 2.32. The Hall–Kier alpha value is -1.18. The summed E-state index contributed by atoms with van der Waals surface area (Å²) < 4.78 is 0. The van der Waals surface area contributed by atoms with E-state index in [1.54, 1.807) is 0 Å². The zero-order chi connectivity index (χ0) is 12.6. The van der Waals surface area contributed by atoms with Crippen molar-refractivity contribution in [3.05, 3.63) is 23.8 Å². The van der Waals surface area contributed by atoms with Crippen LogP contribution in [0.3, 0.4) is 0 Å². The predicted molar refractivity (Wildman–Crippen MR) is 75.3 cm³/mol. The number of hydrogen-bond donors (Lipinski definition) is 1. The van der Waals surface area contributed by atoms with E-state index in [9.17, 15) is 0 Å². The van der Waals surface area contributed by atoms with Gasteiger partial charge in [-0.1, -0.05) is 13.8 Å².